The quantitative estimate of drug-likeness (QED) is 0.315. The molecule has 7 heteroatoms. The molecule has 5 aromatic rings. The summed E-state index contributed by atoms with van der Waals surface area (Å²) in [7, 11) is 0. The van der Waals surface area contributed by atoms with Crippen molar-refractivity contribution in [3.63, 3.8) is 0 Å². The number of nitrogens with two attached hydrogens (primary N) is 1. The lowest BCUT2D eigenvalue weighted by Crippen LogP contribution is -2.05. The molecule has 0 fully saturated rings. The lowest BCUT2D eigenvalue weighted by atomic mass is 10.2. The number of anilines is 5. The van der Waals surface area contributed by atoms with Crippen molar-refractivity contribution in [3.05, 3.63) is 97.5 Å². The van der Waals surface area contributed by atoms with Gasteiger partial charge in [0.1, 0.15) is 23.5 Å². The number of aromatic nitrogens is 3. The highest BCUT2D eigenvalue weighted by atomic mass is 16.5. The lowest BCUT2D eigenvalue weighted by Gasteiger charge is -2.14. The second-order valence-electron chi connectivity index (χ2n) is 7.05. The Hall–Kier alpha value is -4.65. The first kappa shape index (κ1) is 19.3. The highest BCUT2D eigenvalue weighted by Gasteiger charge is 2.10. The van der Waals surface area contributed by atoms with Crippen molar-refractivity contribution in [2.24, 2.45) is 0 Å². The summed E-state index contributed by atoms with van der Waals surface area (Å²) in [5, 5.41) is 7.53. The Morgan fingerprint density at radius 1 is 0.656 bits per heavy atom. The maximum atomic E-state index is 6.36. The molecular formula is C25H20N6O. The van der Waals surface area contributed by atoms with E-state index in [-0.39, 0.29) is 0 Å². The Morgan fingerprint density at radius 3 is 2.22 bits per heavy atom. The smallest absolute Gasteiger partial charge is 0.159 e. The number of para-hydroxylation sites is 1. The van der Waals surface area contributed by atoms with Crippen LogP contribution in [-0.4, -0.2) is 15.0 Å². The Labute approximate surface area is 184 Å². The maximum Gasteiger partial charge on any atom is 0.159 e. The van der Waals surface area contributed by atoms with Crippen LogP contribution in [0, 0.1) is 0 Å². The van der Waals surface area contributed by atoms with Crippen LogP contribution in [0.25, 0.3) is 10.9 Å². The number of rotatable bonds is 6. The molecule has 5 rings (SSSR count). The van der Waals surface area contributed by atoms with E-state index in [1.807, 2.05) is 84.9 Å². The van der Waals surface area contributed by atoms with Crippen molar-refractivity contribution in [2.75, 3.05) is 16.4 Å². The average molecular weight is 420 g/mol. The first-order chi connectivity index (χ1) is 15.8. The zero-order valence-corrected chi connectivity index (χ0v) is 17.1. The number of benzene rings is 3. The van der Waals surface area contributed by atoms with Gasteiger partial charge in [-0.25, -0.2) is 9.97 Å². The number of nitrogens with zero attached hydrogens (tertiary/aromatic N) is 3. The summed E-state index contributed by atoms with van der Waals surface area (Å²) in [5.74, 6) is 2.55. The van der Waals surface area contributed by atoms with E-state index >= 15 is 0 Å². The molecule has 2 aromatic heterocycles. The Kier molecular flexibility index (Phi) is 5.20. The number of nitrogens with one attached hydrogen (secondary N) is 2. The van der Waals surface area contributed by atoms with Crippen molar-refractivity contribution >= 4 is 39.6 Å². The molecule has 0 aliphatic carbocycles. The molecule has 0 spiro atoms. The largest absolute Gasteiger partial charge is 0.457 e. The molecule has 0 bridgehead atoms. The third-order valence-corrected chi connectivity index (χ3v) is 4.88. The van der Waals surface area contributed by atoms with Crippen LogP contribution < -0.4 is 21.1 Å². The van der Waals surface area contributed by atoms with E-state index in [9.17, 15) is 0 Å². The van der Waals surface area contributed by atoms with Gasteiger partial charge in [0.15, 0.2) is 11.6 Å². The van der Waals surface area contributed by atoms with Gasteiger partial charge >= 0.3 is 0 Å². The molecule has 4 N–H and O–H groups in total. The van der Waals surface area contributed by atoms with Gasteiger partial charge in [0.05, 0.1) is 5.52 Å². The third-order valence-electron chi connectivity index (χ3n) is 4.88. The standard InChI is InChI=1S/C25H20N6O/c26-23-24(30-17-11-13-19(14-12-17)32-18-6-2-1-3-7-18)28-16-29-25(23)31-22-10-4-9-21-20(22)8-5-15-27-21/h1-16H,26H2,(H2,28,29,30,31). The second-order valence-corrected chi connectivity index (χ2v) is 7.05. The molecule has 0 unspecified atom stereocenters. The molecule has 0 saturated carbocycles. The minimum atomic E-state index is 0.415. The molecule has 0 amide bonds. The summed E-state index contributed by atoms with van der Waals surface area (Å²) < 4.78 is 5.83. The topological polar surface area (TPSA) is 98.0 Å². The number of hydrogen-bond acceptors (Lipinski definition) is 7. The van der Waals surface area contributed by atoms with Gasteiger partial charge in [0, 0.05) is 23.0 Å². The summed E-state index contributed by atoms with van der Waals surface area (Å²) >= 11 is 0. The number of nitrogen functional groups attached to an aromatic ring is 1. The highest BCUT2D eigenvalue weighted by Crippen LogP contribution is 2.31. The van der Waals surface area contributed by atoms with E-state index in [1.54, 1.807) is 6.20 Å². The fourth-order valence-electron chi connectivity index (χ4n) is 3.30. The zero-order chi connectivity index (χ0) is 21.8. The van der Waals surface area contributed by atoms with Crippen LogP contribution in [0.1, 0.15) is 0 Å². The molecule has 3 aromatic carbocycles. The Balaban J connectivity index is 1.34. The summed E-state index contributed by atoms with van der Waals surface area (Å²) in [5.41, 5.74) is 9.37. The Morgan fingerprint density at radius 2 is 1.41 bits per heavy atom. The van der Waals surface area contributed by atoms with Crippen LogP contribution in [0.4, 0.5) is 28.7 Å². The van der Waals surface area contributed by atoms with E-state index in [0.29, 0.717) is 17.3 Å². The highest BCUT2D eigenvalue weighted by molar-refractivity contribution is 5.94. The summed E-state index contributed by atoms with van der Waals surface area (Å²) in [6, 6.07) is 27.0. The van der Waals surface area contributed by atoms with Crippen molar-refractivity contribution in [3.8, 4) is 11.5 Å². The predicted octanol–water partition coefficient (Wildman–Crippen LogP) is 5.89. The molecule has 0 radical (unpaired) electrons. The van der Waals surface area contributed by atoms with Gasteiger partial charge in [-0.1, -0.05) is 24.3 Å². The van der Waals surface area contributed by atoms with Crippen molar-refractivity contribution < 1.29 is 4.74 Å². The summed E-state index contributed by atoms with van der Waals surface area (Å²) in [6.07, 6.45) is 3.24. The maximum absolute atomic E-state index is 6.36. The molecule has 7 nitrogen and oxygen atoms in total. The van der Waals surface area contributed by atoms with Gasteiger partial charge < -0.3 is 21.1 Å². The van der Waals surface area contributed by atoms with Gasteiger partial charge in [-0.05, 0) is 60.7 Å². The lowest BCUT2D eigenvalue weighted by molar-refractivity contribution is 0.483. The van der Waals surface area contributed by atoms with Gasteiger partial charge in [0.2, 0.25) is 0 Å². The van der Waals surface area contributed by atoms with E-state index in [4.69, 9.17) is 10.5 Å². The van der Waals surface area contributed by atoms with Gasteiger partial charge in [-0.15, -0.1) is 0 Å². The monoisotopic (exact) mass is 420 g/mol. The van der Waals surface area contributed by atoms with Crippen LogP contribution in [0.15, 0.2) is 97.5 Å². The number of ether oxygens (including phenoxy) is 1. The number of hydrogen-bond donors (Lipinski definition) is 3. The number of fused-ring (bicyclic) bond motifs is 1. The normalized spacial score (nSPS) is 10.6. The van der Waals surface area contributed by atoms with Crippen molar-refractivity contribution in [2.45, 2.75) is 0 Å². The minimum Gasteiger partial charge on any atom is -0.457 e. The third kappa shape index (κ3) is 4.13. The van der Waals surface area contributed by atoms with Crippen molar-refractivity contribution in [1.29, 1.82) is 0 Å². The molecule has 2 heterocycles. The molecule has 156 valence electrons. The van der Waals surface area contributed by atoms with Crippen LogP contribution in [0.3, 0.4) is 0 Å². The molecule has 0 aliphatic heterocycles. The molecule has 32 heavy (non-hydrogen) atoms. The Bertz CT molecular complexity index is 1350. The van der Waals surface area contributed by atoms with Crippen LogP contribution in [0.2, 0.25) is 0 Å². The van der Waals surface area contributed by atoms with Gasteiger partial charge in [0.25, 0.3) is 0 Å². The molecule has 0 atom stereocenters. The fourth-order valence-corrected chi connectivity index (χ4v) is 3.30. The van der Waals surface area contributed by atoms with E-state index in [0.717, 1.165) is 33.8 Å². The zero-order valence-electron chi connectivity index (χ0n) is 17.1. The molecular weight excluding hydrogens is 400 g/mol. The van der Waals surface area contributed by atoms with Gasteiger partial charge in [-0.3, -0.25) is 4.98 Å². The van der Waals surface area contributed by atoms with Crippen LogP contribution in [0.5, 0.6) is 11.5 Å². The molecule has 0 saturated heterocycles. The van der Waals surface area contributed by atoms with Crippen LogP contribution >= 0.6 is 0 Å². The summed E-state index contributed by atoms with van der Waals surface area (Å²) in [6.45, 7) is 0. The summed E-state index contributed by atoms with van der Waals surface area (Å²) in [4.78, 5) is 13.0. The SMILES string of the molecule is Nc1c(Nc2ccc(Oc3ccccc3)cc2)ncnc1Nc1cccc2ncccc12. The fraction of sp³-hybridized carbons (Fsp3) is 0. The van der Waals surface area contributed by atoms with E-state index < -0.39 is 0 Å². The first-order valence-corrected chi connectivity index (χ1v) is 10.1. The number of pyridine rings is 1. The predicted molar refractivity (Wildman–Crippen MR) is 128 cm³/mol. The van der Waals surface area contributed by atoms with E-state index in [1.165, 1.54) is 6.33 Å². The average Bonchev–Trinajstić information content (AvgIpc) is 2.84. The second kappa shape index (κ2) is 8.61. The van der Waals surface area contributed by atoms with E-state index in [2.05, 4.69) is 25.6 Å². The first-order valence-electron chi connectivity index (χ1n) is 10.1. The minimum absolute atomic E-state index is 0.415. The van der Waals surface area contributed by atoms with Crippen LogP contribution in [-0.2, 0) is 0 Å². The van der Waals surface area contributed by atoms with Gasteiger partial charge in [-0.2, -0.15) is 0 Å². The molecule has 0 aliphatic rings. The van der Waals surface area contributed by atoms with Crippen molar-refractivity contribution in [1.82, 2.24) is 15.0 Å².